The largest absolute Gasteiger partial charge is 0.347 e. The second-order valence-corrected chi connectivity index (χ2v) is 7.53. The van der Waals surface area contributed by atoms with Gasteiger partial charge in [-0.05, 0) is 47.5 Å². The minimum Gasteiger partial charge on any atom is -0.347 e. The fraction of sp³-hybridized carbons (Fsp3) is 0.160. The summed E-state index contributed by atoms with van der Waals surface area (Å²) in [7, 11) is 0. The summed E-state index contributed by atoms with van der Waals surface area (Å²) < 4.78 is 27.4. The zero-order valence-corrected chi connectivity index (χ0v) is 18.1. The van der Waals surface area contributed by atoms with E-state index in [-0.39, 0.29) is 41.9 Å². The SMILES string of the molecule is CC(=O)NCC(=O)N1C/C(=C\c2ccc(F)c(C#N)c2)C(=O)/C(=C/c2ccc(F)c(C#N)c2)C1. The van der Waals surface area contributed by atoms with Gasteiger partial charge in [-0.1, -0.05) is 12.1 Å². The number of amides is 2. The molecule has 2 amide bonds. The number of likely N-dealkylation sites (tertiary alicyclic amines) is 1. The molecule has 2 aromatic rings. The minimum atomic E-state index is -0.697. The van der Waals surface area contributed by atoms with Crippen LogP contribution in [-0.2, 0) is 14.4 Å². The summed E-state index contributed by atoms with van der Waals surface area (Å²) >= 11 is 0. The molecule has 3 rings (SSSR count). The highest BCUT2D eigenvalue weighted by molar-refractivity contribution is 6.15. The average Bonchev–Trinajstić information content (AvgIpc) is 2.82. The van der Waals surface area contributed by atoms with Gasteiger partial charge in [-0.15, -0.1) is 0 Å². The normalized spacial score (nSPS) is 15.7. The van der Waals surface area contributed by atoms with E-state index in [0.29, 0.717) is 11.1 Å². The fourth-order valence-electron chi connectivity index (χ4n) is 3.37. The molecule has 0 aromatic heterocycles. The number of Topliss-reactive ketones (excluding diaryl/α,β-unsaturated/α-hetero) is 1. The van der Waals surface area contributed by atoms with Crippen molar-refractivity contribution in [3.8, 4) is 12.1 Å². The van der Waals surface area contributed by atoms with Gasteiger partial charge in [0.1, 0.15) is 23.8 Å². The van der Waals surface area contributed by atoms with Crippen LogP contribution in [0.15, 0.2) is 47.5 Å². The zero-order chi connectivity index (χ0) is 24.8. The molecule has 0 bridgehead atoms. The third-order valence-corrected chi connectivity index (χ3v) is 5.05. The number of benzene rings is 2. The van der Waals surface area contributed by atoms with Crippen molar-refractivity contribution >= 4 is 29.7 Å². The fourth-order valence-corrected chi connectivity index (χ4v) is 3.37. The third kappa shape index (κ3) is 5.59. The van der Waals surface area contributed by atoms with Gasteiger partial charge in [-0.25, -0.2) is 8.78 Å². The van der Waals surface area contributed by atoms with Crippen LogP contribution in [0, 0.1) is 34.3 Å². The van der Waals surface area contributed by atoms with Gasteiger partial charge in [0.25, 0.3) is 0 Å². The van der Waals surface area contributed by atoms with Crippen LogP contribution in [0.3, 0.4) is 0 Å². The first-order chi connectivity index (χ1) is 16.2. The molecule has 7 nitrogen and oxygen atoms in total. The number of piperidine rings is 1. The summed E-state index contributed by atoms with van der Waals surface area (Å²) in [4.78, 5) is 38.4. The lowest BCUT2D eigenvalue weighted by Gasteiger charge is -2.30. The predicted molar refractivity (Wildman–Crippen MR) is 118 cm³/mol. The summed E-state index contributed by atoms with van der Waals surface area (Å²) in [5, 5.41) is 20.5. The second-order valence-electron chi connectivity index (χ2n) is 7.53. The number of nitrogens with one attached hydrogen (secondary N) is 1. The highest BCUT2D eigenvalue weighted by atomic mass is 19.1. The molecule has 0 aliphatic carbocycles. The van der Waals surface area contributed by atoms with Crippen LogP contribution >= 0.6 is 0 Å². The molecule has 0 radical (unpaired) electrons. The lowest BCUT2D eigenvalue weighted by Crippen LogP contribution is -2.45. The molecular formula is C25H18F2N4O3. The van der Waals surface area contributed by atoms with Crippen LogP contribution in [0.5, 0.6) is 0 Å². The maximum atomic E-state index is 13.7. The molecule has 0 unspecified atom stereocenters. The van der Waals surface area contributed by atoms with Crippen molar-refractivity contribution in [2.24, 2.45) is 0 Å². The van der Waals surface area contributed by atoms with Crippen LogP contribution in [-0.4, -0.2) is 42.1 Å². The lowest BCUT2D eigenvalue weighted by atomic mass is 9.93. The minimum absolute atomic E-state index is 0.0687. The number of hydrogen-bond donors (Lipinski definition) is 1. The van der Waals surface area contributed by atoms with Crippen molar-refractivity contribution in [3.05, 3.63) is 81.4 Å². The monoisotopic (exact) mass is 460 g/mol. The van der Waals surface area contributed by atoms with Gasteiger partial charge < -0.3 is 10.2 Å². The van der Waals surface area contributed by atoms with E-state index in [1.165, 1.54) is 48.2 Å². The van der Waals surface area contributed by atoms with Crippen LogP contribution in [0.2, 0.25) is 0 Å². The molecule has 2 aromatic carbocycles. The van der Waals surface area contributed by atoms with E-state index in [4.69, 9.17) is 10.5 Å². The molecular weight excluding hydrogens is 442 g/mol. The van der Waals surface area contributed by atoms with Crippen molar-refractivity contribution in [1.82, 2.24) is 10.2 Å². The Morgan fingerprint density at radius 2 is 1.44 bits per heavy atom. The highest BCUT2D eigenvalue weighted by Gasteiger charge is 2.29. The zero-order valence-electron chi connectivity index (χ0n) is 18.1. The Balaban J connectivity index is 2.02. The van der Waals surface area contributed by atoms with E-state index in [1.807, 2.05) is 0 Å². The van der Waals surface area contributed by atoms with Crippen LogP contribution in [0.1, 0.15) is 29.2 Å². The van der Waals surface area contributed by atoms with Crippen molar-refractivity contribution in [2.45, 2.75) is 6.92 Å². The van der Waals surface area contributed by atoms with Gasteiger partial charge in [-0.3, -0.25) is 14.4 Å². The number of nitrogens with zero attached hydrogens (tertiary/aromatic N) is 3. The van der Waals surface area contributed by atoms with E-state index in [9.17, 15) is 23.2 Å². The van der Waals surface area contributed by atoms with E-state index in [1.54, 1.807) is 12.1 Å². The topological polar surface area (TPSA) is 114 Å². The van der Waals surface area contributed by atoms with E-state index >= 15 is 0 Å². The molecule has 1 fully saturated rings. The number of rotatable bonds is 4. The maximum Gasteiger partial charge on any atom is 0.242 e. The van der Waals surface area contributed by atoms with Gasteiger partial charge in [0.05, 0.1) is 17.7 Å². The molecule has 1 saturated heterocycles. The Morgan fingerprint density at radius 3 is 1.85 bits per heavy atom. The van der Waals surface area contributed by atoms with Crippen LogP contribution < -0.4 is 5.32 Å². The molecule has 1 aliphatic heterocycles. The van der Waals surface area contributed by atoms with Gasteiger partial charge >= 0.3 is 0 Å². The Labute approximate surface area is 194 Å². The molecule has 34 heavy (non-hydrogen) atoms. The number of halogens is 2. The number of hydrogen-bond acceptors (Lipinski definition) is 5. The average molecular weight is 460 g/mol. The van der Waals surface area contributed by atoms with Gasteiger partial charge in [0, 0.05) is 31.2 Å². The molecule has 0 spiro atoms. The van der Waals surface area contributed by atoms with E-state index in [0.717, 1.165) is 12.1 Å². The third-order valence-electron chi connectivity index (χ3n) is 5.05. The number of carbonyl (C=O) groups is 3. The smallest absolute Gasteiger partial charge is 0.242 e. The van der Waals surface area contributed by atoms with E-state index < -0.39 is 29.2 Å². The molecule has 1 aliphatic rings. The molecule has 1 heterocycles. The molecule has 9 heteroatoms. The second kappa shape index (κ2) is 10.3. The number of carbonyl (C=O) groups excluding carboxylic acids is 3. The summed E-state index contributed by atoms with van der Waals surface area (Å²) in [6.45, 7) is 0.863. The maximum absolute atomic E-state index is 13.7. The molecule has 0 atom stereocenters. The Kier molecular flexibility index (Phi) is 7.29. The highest BCUT2D eigenvalue weighted by Crippen LogP contribution is 2.23. The van der Waals surface area contributed by atoms with E-state index in [2.05, 4.69) is 5.32 Å². The molecule has 0 saturated carbocycles. The summed E-state index contributed by atoms with van der Waals surface area (Å²) in [6.07, 6.45) is 2.92. The quantitative estimate of drug-likeness (QED) is 0.705. The summed E-state index contributed by atoms with van der Waals surface area (Å²) in [6, 6.07) is 11.1. The number of nitriles is 2. The summed E-state index contributed by atoms with van der Waals surface area (Å²) in [5.41, 5.74) is 0.805. The standard InChI is InChI=1S/C25H18F2N4O3/c1-15(32)30-12-24(33)31-13-20(8-16-2-4-22(26)18(6-16)10-28)25(34)21(14-31)9-17-3-5-23(27)19(7-17)11-29/h2-9H,12-14H2,1H3,(H,30,32)/b20-8+,21-9+. The van der Waals surface area contributed by atoms with Gasteiger partial charge in [0.2, 0.25) is 11.8 Å². The Morgan fingerprint density at radius 1 is 0.971 bits per heavy atom. The van der Waals surface area contributed by atoms with Gasteiger partial charge in [0.15, 0.2) is 5.78 Å². The first kappa shape index (κ1) is 24.0. The molecule has 170 valence electrons. The predicted octanol–water partition coefficient (Wildman–Crippen LogP) is 2.72. The lowest BCUT2D eigenvalue weighted by molar-refractivity contribution is -0.132. The van der Waals surface area contributed by atoms with Crippen molar-refractivity contribution in [1.29, 1.82) is 10.5 Å². The van der Waals surface area contributed by atoms with Crippen molar-refractivity contribution < 1.29 is 23.2 Å². The van der Waals surface area contributed by atoms with Crippen molar-refractivity contribution in [2.75, 3.05) is 19.6 Å². The van der Waals surface area contributed by atoms with Crippen LogP contribution in [0.4, 0.5) is 8.78 Å². The first-order valence-electron chi connectivity index (χ1n) is 10.1. The molecule has 1 N–H and O–H groups in total. The summed E-state index contributed by atoms with van der Waals surface area (Å²) in [5.74, 6) is -2.62. The van der Waals surface area contributed by atoms with Crippen LogP contribution in [0.25, 0.3) is 12.2 Å². The number of ketones is 1. The van der Waals surface area contributed by atoms with Crippen molar-refractivity contribution in [3.63, 3.8) is 0 Å². The van der Waals surface area contributed by atoms with Gasteiger partial charge in [-0.2, -0.15) is 10.5 Å². The Hall–Kier alpha value is -4.63. The Bertz CT molecular complexity index is 1250. The first-order valence-corrected chi connectivity index (χ1v) is 10.1.